The first-order valence-corrected chi connectivity index (χ1v) is 5.53. The Morgan fingerprint density at radius 1 is 1.40 bits per heavy atom. The van der Waals surface area contributed by atoms with Gasteiger partial charge in [-0.3, -0.25) is 0 Å². The molecule has 1 heterocycles. The second-order valence-electron chi connectivity index (χ2n) is 4.44. The Kier molecular flexibility index (Phi) is 1.91. The lowest BCUT2D eigenvalue weighted by Crippen LogP contribution is -2.17. The zero-order valence-electron chi connectivity index (χ0n) is 8.69. The summed E-state index contributed by atoms with van der Waals surface area (Å²) in [5, 5.41) is 0. The van der Waals surface area contributed by atoms with Crippen LogP contribution >= 0.6 is 0 Å². The van der Waals surface area contributed by atoms with E-state index in [0.29, 0.717) is 0 Å². The lowest BCUT2D eigenvalue weighted by atomic mass is 9.85. The highest BCUT2D eigenvalue weighted by Crippen LogP contribution is 2.29. The molecule has 2 aromatic rings. The molecule has 0 spiro atoms. The number of hydrogen-bond donors (Lipinski definition) is 1. The highest BCUT2D eigenvalue weighted by Gasteiger charge is 2.18. The van der Waals surface area contributed by atoms with Crippen molar-refractivity contribution in [2.75, 3.05) is 5.73 Å². The third-order valence-electron chi connectivity index (χ3n) is 3.32. The van der Waals surface area contributed by atoms with Crippen LogP contribution in [-0.4, -0.2) is 9.55 Å². The number of nitrogen functional groups attached to an aromatic ring is 1. The molecule has 0 amide bonds. The van der Waals surface area contributed by atoms with Crippen molar-refractivity contribution < 1.29 is 0 Å². The number of aromatic nitrogens is 2. The number of nitrogens with two attached hydrogens (primary N) is 1. The normalized spacial score (nSPS) is 16.8. The van der Waals surface area contributed by atoms with E-state index in [4.69, 9.17) is 5.73 Å². The number of anilines is 1. The number of nitrogens with zero attached hydrogens (tertiary/aromatic N) is 2. The molecule has 0 bridgehead atoms. The molecule has 0 atom stereocenters. The van der Waals surface area contributed by atoms with E-state index < -0.39 is 0 Å². The fourth-order valence-corrected chi connectivity index (χ4v) is 2.18. The summed E-state index contributed by atoms with van der Waals surface area (Å²) in [7, 11) is 0. The Hall–Kier alpha value is -1.51. The van der Waals surface area contributed by atoms with Crippen LogP contribution in [0.1, 0.15) is 19.3 Å². The highest BCUT2D eigenvalue weighted by atomic mass is 15.0. The summed E-state index contributed by atoms with van der Waals surface area (Å²) in [6.07, 6.45) is 6.07. The van der Waals surface area contributed by atoms with Crippen molar-refractivity contribution in [1.29, 1.82) is 0 Å². The van der Waals surface area contributed by atoms with E-state index in [0.717, 1.165) is 23.7 Å². The van der Waals surface area contributed by atoms with Crippen molar-refractivity contribution in [1.82, 2.24) is 9.55 Å². The van der Waals surface area contributed by atoms with Crippen molar-refractivity contribution in [2.24, 2.45) is 5.92 Å². The monoisotopic (exact) mass is 201 g/mol. The van der Waals surface area contributed by atoms with E-state index in [-0.39, 0.29) is 0 Å². The number of hydrogen-bond acceptors (Lipinski definition) is 2. The van der Waals surface area contributed by atoms with Crippen LogP contribution in [-0.2, 0) is 6.54 Å². The molecule has 3 rings (SSSR count). The third kappa shape index (κ3) is 1.48. The van der Waals surface area contributed by atoms with Gasteiger partial charge in [-0.2, -0.15) is 0 Å². The van der Waals surface area contributed by atoms with Crippen LogP contribution in [0.2, 0.25) is 0 Å². The van der Waals surface area contributed by atoms with Gasteiger partial charge in [0.15, 0.2) is 0 Å². The molecule has 1 saturated carbocycles. The Balaban J connectivity index is 1.96. The van der Waals surface area contributed by atoms with Crippen LogP contribution in [0, 0.1) is 5.92 Å². The van der Waals surface area contributed by atoms with E-state index >= 15 is 0 Å². The van der Waals surface area contributed by atoms with Gasteiger partial charge >= 0.3 is 0 Å². The molecule has 1 aromatic heterocycles. The molecular formula is C12H15N3. The smallest absolute Gasteiger partial charge is 0.0958 e. The molecule has 1 aliphatic carbocycles. The molecular weight excluding hydrogens is 186 g/mol. The molecule has 1 aromatic carbocycles. The van der Waals surface area contributed by atoms with Crippen molar-refractivity contribution in [2.45, 2.75) is 25.8 Å². The number of rotatable bonds is 2. The Bertz CT molecular complexity index is 483. The molecule has 0 aliphatic heterocycles. The predicted octanol–water partition coefficient (Wildman–Crippen LogP) is 2.42. The third-order valence-corrected chi connectivity index (χ3v) is 3.32. The molecule has 3 heteroatoms. The summed E-state index contributed by atoms with van der Waals surface area (Å²) in [5.41, 5.74) is 8.72. The summed E-state index contributed by atoms with van der Waals surface area (Å²) in [6, 6.07) is 5.95. The van der Waals surface area contributed by atoms with Gasteiger partial charge in [0.05, 0.1) is 17.4 Å². The van der Waals surface area contributed by atoms with Crippen LogP contribution in [0.3, 0.4) is 0 Å². The molecule has 15 heavy (non-hydrogen) atoms. The van der Waals surface area contributed by atoms with Crippen molar-refractivity contribution in [3.63, 3.8) is 0 Å². The van der Waals surface area contributed by atoms with Gasteiger partial charge in [0.2, 0.25) is 0 Å². The molecule has 0 saturated heterocycles. The van der Waals surface area contributed by atoms with Gasteiger partial charge in [-0.1, -0.05) is 6.42 Å². The van der Waals surface area contributed by atoms with E-state index in [1.54, 1.807) is 0 Å². The first-order valence-electron chi connectivity index (χ1n) is 5.53. The summed E-state index contributed by atoms with van der Waals surface area (Å²) >= 11 is 0. The van der Waals surface area contributed by atoms with Crippen molar-refractivity contribution in [3.8, 4) is 0 Å². The maximum absolute atomic E-state index is 5.72. The molecule has 78 valence electrons. The van der Waals surface area contributed by atoms with Crippen molar-refractivity contribution in [3.05, 3.63) is 24.5 Å². The van der Waals surface area contributed by atoms with Crippen LogP contribution in [0.5, 0.6) is 0 Å². The lowest BCUT2D eigenvalue weighted by Gasteiger charge is -2.25. The van der Waals surface area contributed by atoms with E-state index in [1.807, 2.05) is 18.5 Å². The van der Waals surface area contributed by atoms with Gasteiger partial charge in [0, 0.05) is 12.2 Å². The molecule has 2 N–H and O–H groups in total. The van der Waals surface area contributed by atoms with Crippen LogP contribution in [0.25, 0.3) is 11.0 Å². The van der Waals surface area contributed by atoms with Gasteiger partial charge < -0.3 is 10.3 Å². The second kappa shape index (κ2) is 3.26. The fraction of sp³-hybridized carbons (Fsp3) is 0.417. The van der Waals surface area contributed by atoms with E-state index in [2.05, 4.69) is 15.6 Å². The second-order valence-corrected chi connectivity index (χ2v) is 4.44. The largest absolute Gasteiger partial charge is 0.399 e. The van der Waals surface area contributed by atoms with Crippen molar-refractivity contribution >= 4 is 16.7 Å². The topological polar surface area (TPSA) is 43.8 Å². The van der Waals surface area contributed by atoms with Crippen LogP contribution < -0.4 is 5.73 Å². The molecule has 3 nitrogen and oxygen atoms in total. The SMILES string of the molecule is Nc1ccc2c(c1)ncn2CC1CCC1. The zero-order chi connectivity index (χ0) is 10.3. The minimum Gasteiger partial charge on any atom is -0.399 e. The minimum atomic E-state index is 0.788. The quantitative estimate of drug-likeness (QED) is 0.758. The van der Waals surface area contributed by atoms with Gasteiger partial charge in [-0.15, -0.1) is 0 Å². The Morgan fingerprint density at radius 3 is 3.00 bits per heavy atom. The predicted molar refractivity (Wildman–Crippen MR) is 61.5 cm³/mol. The van der Waals surface area contributed by atoms with Gasteiger partial charge in [-0.25, -0.2) is 4.98 Å². The maximum atomic E-state index is 5.72. The molecule has 1 aliphatic rings. The molecule has 1 fully saturated rings. The summed E-state index contributed by atoms with van der Waals surface area (Å²) in [6.45, 7) is 1.11. The zero-order valence-corrected chi connectivity index (χ0v) is 8.69. The van der Waals surface area contributed by atoms with Crippen LogP contribution in [0.4, 0.5) is 5.69 Å². The first kappa shape index (κ1) is 8.77. The highest BCUT2D eigenvalue weighted by molar-refractivity contribution is 5.78. The number of benzene rings is 1. The lowest BCUT2D eigenvalue weighted by molar-refractivity contribution is 0.279. The molecule has 0 unspecified atom stereocenters. The molecule has 0 radical (unpaired) electrons. The minimum absolute atomic E-state index is 0.788. The maximum Gasteiger partial charge on any atom is 0.0958 e. The number of fused-ring (bicyclic) bond motifs is 1. The average Bonchev–Trinajstić information content (AvgIpc) is 2.54. The van der Waals surface area contributed by atoms with Gasteiger partial charge in [0.25, 0.3) is 0 Å². The van der Waals surface area contributed by atoms with E-state index in [9.17, 15) is 0 Å². The van der Waals surface area contributed by atoms with Crippen LogP contribution in [0.15, 0.2) is 24.5 Å². The van der Waals surface area contributed by atoms with Gasteiger partial charge in [0.1, 0.15) is 0 Å². The Labute approximate surface area is 88.9 Å². The number of imidazole rings is 1. The summed E-state index contributed by atoms with van der Waals surface area (Å²) in [4.78, 5) is 4.37. The summed E-state index contributed by atoms with van der Waals surface area (Å²) in [5.74, 6) is 0.861. The van der Waals surface area contributed by atoms with Gasteiger partial charge in [-0.05, 0) is 37.0 Å². The van der Waals surface area contributed by atoms with E-state index in [1.165, 1.54) is 24.8 Å². The summed E-state index contributed by atoms with van der Waals surface area (Å²) < 4.78 is 2.25. The standard InChI is InChI=1S/C12H15N3/c13-10-4-5-12-11(6-10)14-8-15(12)7-9-2-1-3-9/h4-6,8-9H,1-3,7,13H2. The Morgan fingerprint density at radius 2 is 2.27 bits per heavy atom. The fourth-order valence-electron chi connectivity index (χ4n) is 2.18. The average molecular weight is 201 g/mol. The first-order chi connectivity index (χ1) is 7.33.